The molecule has 0 aliphatic heterocycles. The lowest BCUT2D eigenvalue weighted by Gasteiger charge is -2.04. The molecule has 30 heavy (non-hydrogen) atoms. The third-order valence-corrected chi connectivity index (χ3v) is 5.82. The summed E-state index contributed by atoms with van der Waals surface area (Å²) >= 11 is 1.59. The number of thiophene rings is 1. The van der Waals surface area contributed by atoms with Crippen molar-refractivity contribution < 1.29 is 9.15 Å². The Labute approximate surface area is 175 Å². The lowest BCUT2D eigenvalue weighted by molar-refractivity contribution is 0.414. The van der Waals surface area contributed by atoms with Gasteiger partial charge in [-0.3, -0.25) is 4.79 Å². The van der Waals surface area contributed by atoms with Crippen molar-refractivity contribution in [1.82, 2.24) is 19.2 Å². The smallest absolute Gasteiger partial charge is 0.276 e. The first kappa shape index (κ1) is 18.4. The topological polar surface area (TPSA) is 74.6 Å². The molecule has 0 atom stereocenters. The van der Waals surface area contributed by atoms with Gasteiger partial charge in [0.25, 0.3) is 5.56 Å². The van der Waals surface area contributed by atoms with E-state index in [0.29, 0.717) is 35.2 Å². The summed E-state index contributed by atoms with van der Waals surface area (Å²) in [4.78, 5) is 18.7. The molecule has 0 fully saturated rings. The van der Waals surface area contributed by atoms with Gasteiger partial charge in [0.05, 0.1) is 24.1 Å². The molecule has 0 spiro atoms. The molecular formula is C22H18N4O3S. The van der Waals surface area contributed by atoms with Crippen LogP contribution in [-0.2, 0) is 6.54 Å². The second-order valence-electron chi connectivity index (χ2n) is 6.79. The predicted octanol–water partition coefficient (Wildman–Crippen LogP) is 4.24. The molecule has 7 nitrogen and oxygen atoms in total. The monoisotopic (exact) mass is 418 g/mol. The van der Waals surface area contributed by atoms with Crippen LogP contribution in [0.15, 0.2) is 69.5 Å². The van der Waals surface area contributed by atoms with Crippen molar-refractivity contribution >= 4 is 16.9 Å². The van der Waals surface area contributed by atoms with Crippen molar-refractivity contribution in [2.24, 2.45) is 0 Å². The van der Waals surface area contributed by atoms with Crippen LogP contribution >= 0.6 is 11.3 Å². The summed E-state index contributed by atoms with van der Waals surface area (Å²) in [5.41, 5.74) is 2.64. The molecule has 150 valence electrons. The van der Waals surface area contributed by atoms with Gasteiger partial charge in [-0.15, -0.1) is 11.3 Å². The van der Waals surface area contributed by atoms with E-state index in [1.54, 1.807) is 39.9 Å². The standard InChI is InChI=1S/C22H18N4O3S/c1-14-17(23-21(29-14)15-6-3-4-7-19(15)28-2)13-25-9-10-26-18(22(25)27)12-16(24-26)20-8-5-11-30-20/h3-12H,13H2,1-2H3. The fourth-order valence-electron chi connectivity index (χ4n) is 3.37. The van der Waals surface area contributed by atoms with Crippen LogP contribution in [0.3, 0.4) is 0 Å². The molecule has 0 N–H and O–H groups in total. The SMILES string of the molecule is COc1ccccc1-c1nc(Cn2ccn3nc(-c4cccs4)cc3c2=O)c(C)o1. The number of para-hydroxylation sites is 1. The van der Waals surface area contributed by atoms with E-state index in [4.69, 9.17) is 9.15 Å². The molecule has 0 unspecified atom stereocenters. The number of methoxy groups -OCH3 is 1. The highest BCUT2D eigenvalue weighted by atomic mass is 32.1. The summed E-state index contributed by atoms with van der Waals surface area (Å²) in [5, 5.41) is 6.50. The minimum atomic E-state index is -0.131. The lowest BCUT2D eigenvalue weighted by atomic mass is 10.2. The highest BCUT2D eigenvalue weighted by molar-refractivity contribution is 7.13. The molecule has 5 aromatic rings. The van der Waals surface area contributed by atoms with E-state index in [9.17, 15) is 4.79 Å². The molecule has 4 aromatic heterocycles. The molecule has 0 radical (unpaired) electrons. The minimum Gasteiger partial charge on any atom is -0.496 e. The average Bonchev–Trinajstić information content (AvgIpc) is 3.50. The Morgan fingerprint density at radius 2 is 2.03 bits per heavy atom. The van der Waals surface area contributed by atoms with Crippen molar-refractivity contribution in [3.8, 4) is 27.8 Å². The molecule has 5 rings (SSSR count). The number of ether oxygens (including phenoxy) is 1. The van der Waals surface area contributed by atoms with Crippen LogP contribution in [0.4, 0.5) is 0 Å². The highest BCUT2D eigenvalue weighted by Gasteiger charge is 2.16. The number of oxazole rings is 1. The van der Waals surface area contributed by atoms with Crippen LogP contribution < -0.4 is 10.3 Å². The minimum absolute atomic E-state index is 0.131. The van der Waals surface area contributed by atoms with Gasteiger partial charge in [-0.1, -0.05) is 18.2 Å². The third kappa shape index (κ3) is 3.11. The van der Waals surface area contributed by atoms with Crippen molar-refractivity contribution in [2.45, 2.75) is 13.5 Å². The molecule has 4 heterocycles. The van der Waals surface area contributed by atoms with Crippen molar-refractivity contribution in [2.75, 3.05) is 7.11 Å². The normalized spacial score (nSPS) is 11.3. The maximum Gasteiger partial charge on any atom is 0.276 e. The van der Waals surface area contributed by atoms with Crippen LogP contribution in [0.25, 0.3) is 27.5 Å². The first-order chi connectivity index (χ1) is 14.6. The van der Waals surface area contributed by atoms with Crippen LogP contribution in [0.2, 0.25) is 0 Å². The fraction of sp³-hybridized carbons (Fsp3) is 0.136. The van der Waals surface area contributed by atoms with Gasteiger partial charge >= 0.3 is 0 Å². The van der Waals surface area contributed by atoms with E-state index in [1.165, 1.54) is 0 Å². The van der Waals surface area contributed by atoms with Gasteiger partial charge in [0.15, 0.2) is 0 Å². The Hall–Kier alpha value is -3.65. The summed E-state index contributed by atoms with van der Waals surface area (Å²) < 4.78 is 14.5. The highest BCUT2D eigenvalue weighted by Crippen LogP contribution is 2.30. The van der Waals surface area contributed by atoms with Crippen molar-refractivity contribution in [3.05, 3.63) is 82.0 Å². The average molecular weight is 418 g/mol. The summed E-state index contributed by atoms with van der Waals surface area (Å²) in [6, 6.07) is 13.3. The maximum atomic E-state index is 13.0. The van der Waals surface area contributed by atoms with E-state index < -0.39 is 0 Å². The Morgan fingerprint density at radius 1 is 1.17 bits per heavy atom. The number of nitrogens with zero attached hydrogens (tertiary/aromatic N) is 4. The zero-order valence-corrected chi connectivity index (χ0v) is 17.2. The lowest BCUT2D eigenvalue weighted by Crippen LogP contribution is -2.22. The maximum absolute atomic E-state index is 13.0. The van der Waals surface area contributed by atoms with Crippen LogP contribution in [0, 0.1) is 6.92 Å². The van der Waals surface area contributed by atoms with Crippen molar-refractivity contribution in [1.29, 1.82) is 0 Å². The Balaban J connectivity index is 1.51. The Morgan fingerprint density at radius 3 is 2.83 bits per heavy atom. The second-order valence-corrected chi connectivity index (χ2v) is 7.74. The van der Waals surface area contributed by atoms with E-state index >= 15 is 0 Å². The Bertz CT molecular complexity index is 1400. The van der Waals surface area contributed by atoms with Gasteiger partial charge in [0, 0.05) is 12.4 Å². The Kier molecular flexibility index (Phi) is 4.48. The summed E-state index contributed by atoms with van der Waals surface area (Å²) in [7, 11) is 1.61. The van der Waals surface area contributed by atoms with E-state index in [-0.39, 0.29) is 5.56 Å². The quantitative estimate of drug-likeness (QED) is 0.427. The predicted molar refractivity (Wildman–Crippen MR) is 115 cm³/mol. The second kappa shape index (κ2) is 7.31. The van der Waals surface area contributed by atoms with Gasteiger partial charge in [-0.2, -0.15) is 5.10 Å². The van der Waals surface area contributed by atoms with Gasteiger partial charge in [0.2, 0.25) is 5.89 Å². The fourth-order valence-corrected chi connectivity index (χ4v) is 4.05. The van der Waals surface area contributed by atoms with E-state index in [2.05, 4.69) is 10.1 Å². The molecule has 0 saturated heterocycles. The van der Waals surface area contributed by atoms with Crippen molar-refractivity contribution in [3.63, 3.8) is 0 Å². The van der Waals surface area contributed by atoms with E-state index in [0.717, 1.165) is 16.1 Å². The molecule has 0 aliphatic carbocycles. The third-order valence-electron chi connectivity index (χ3n) is 4.93. The summed E-state index contributed by atoms with van der Waals surface area (Å²) in [5.74, 6) is 1.82. The van der Waals surface area contributed by atoms with E-state index in [1.807, 2.05) is 54.8 Å². The van der Waals surface area contributed by atoms with Gasteiger partial charge in [0.1, 0.15) is 28.4 Å². The molecule has 0 amide bonds. The van der Waals surface area contributed by atoms with Gasteiger partial charge < -0.3 is 13.7 Å². The number of hydrogen-bond acceptors (Lipinski definition) is 6. The largest absolute Gasteiger partial charge is 0.496 e. The zero-order valence-electron chi connectivity index (χ0n) is 16.4. The first-order valence-electron chi connectivity index (χ1n) is 9.36. The van der Waals surface area contributed by atoms with Crippen LogP contribution in [0.1, 0.15) is 11.5 Å². The number of aryl methyl sites for hydroxylation is 1. The molecule has 1 aromatic carbocycles. The van der Waals surface area contributed by atoms with Crippen LogP contribution in [-0.4, -0.2) is 26.3 Å². The van der Waals surface area contributed by atoms with Crippen LogP contribution in [0.5, 0.6) is 5.75 Å². The molecule has 0 bridgehead atoms. The zero-order chi connectivity index (χ0) is 20.7. The van der Waals surface area contributed by atoms with Gasteiger partial charge in [-0.25, -0.2) is 9.50 Å². The molecule has 0 aliphatic rings. The summed E-state index contributed by atoms with van der Waals surface area (Å²) in [6.45, 7) is 2.15. The first-order valence-corrected chi connectivity index (χ1v) is 10.2. The van der Waals surface area contributed by atoms with Gasteiger partial charge in [-0.05, 0) is 36.6 Å². The number of aromatic nitrogens is 4. The number of rotatable bonds is 5. The summed E-state index contributed by atoms with van der Waals surface area (Å²) in [6.07, 6.45) is 3.50. The number of fused-ring (bicyclic) bond motifs is 1. The molecule has 0 saturated carbocycles. The number of benzene rings is 1. The molecular weight excluding hydrogens is 400 g/mol. The number of hydrogen-bond donors (Lipinski definition) is 0. The molecule has 8 heteroatoms.